The highest BCUT2D eigenvalue weighted by atomic mass is 127. The van der Waals surface area contributed by atoms with Crippen LogP contribution >= 0.6 is 22.6 Å². The van der Waals surface area contributed by atoms with Crippen molar-refractivity contribution in [2.24, 2.45) is 0 Å². The molecule has 0 aromatic carbocycles. The van der Waals surface area contributed by atoms with Crippen LogP contribution in [0.25, 0.3) is 0 Å². The molecular weight excluding hydrogens is 227 g/mol. The Morgan fingerprint density at radius 2 is 2.00 bits per heavy atom. The second-order valence-electron chi connectivity index (χ2n) is 1.92. The van der Waals surface area contributed by atoms with Gasteiger partial charge in [0.1, 0.15) is 0 Å². The first-order chi connectivity index (χ1) is 4.20. The second kappa shape index (κ2) is 2.60. The lowest BCUT2D eigenvalue weighted by Crippen LogP contribution is -1.91. The first-order valence-corrected chi connectivity index (χ1v) is 3.74. The third-order valence-electron chi connectivity index (χ3n) is 1.04. The van der Waals surface area contributed by atoms with Crippen LogP contribution in [0.15, 0.2) is 6.07 Å². The van der Waals surface area contributed by atoms with Crippen molar-refractivity contribution in [3.63, 3.8) is 0 Å². The molecule has 0 aliphatic carbocycles. The summed E-state index contributed by atoms with van der Waals surface area (Å²) in [5, 5.41) is 7.81. The van der Waals surface area contributed by atoms with E-state index < -0.39 is 0 Å². The summed E-state index contributed by atoms with van der Waals surface area (Å²) in [7, 11) is 0. The Balaban J connectivity index is 3.17. The fourth-order valence-electron chi connectivity index (χ4n) is 0.518. The zero-order chi connectivity index (χ0) is 6.85. The highest BCUT2D eigenvalue weighted by molar-refractivity contribution is 14.1. The molecule has 0 aliphatic heterocycles. The van der Waals surface area contributed by atoms with Gasteiger partial charge in [-0.2, -0.15) is 10.2 Å². The monoisotopic (exact) mass is 234 g/mol. The first kappa shape index (κ1) is 6.92. The van der Waals surface area contributed by atoms with Gasteiger partial charge < -0.3 is 0 Å². The number of aromatic nitrogens is 2. The normalized spacial score (nSPS) is 9.67. The molecule has 0 saturated carbocycles. The van der Waals surface area contributed by atoms with Crippen LogP contribution < -0.4 is 0 Å². The lowest BCUT2D eigenvalue weighted by molar-refractivity contribution is 0.931. The SMILES string of the molecule is Cc1cc(I)c(C)nn1. The van der Waals surface area contributed by atoms with Gasteiger partial charge in [0.05, 0.1) is 11.4 Å². The molecule has 9 heavy (non-hydrogen) atoms. The Labute approximate surface area is 67.8 Å². The molecule has 1 aromatic rings. The molecule has 0 saturated heterocycles. The van der Waals surface area contributed by atoms with Crippen molar-refractivity contribution in [2.45, 2.75) is 13.8 Å². The van der Waals surface area contributed by atoms with E-state index in [1.807, 2.05) is 19.9 Å². The standard InChI is InChI=1S/C6H7IN2/c1-4-3-6(7)5(2)9-8-4/h3H,1-2H3. The summed E-state index contributed by atoms with van der Waals surface area (Å²) >= 11 is 2.25. The fourth-order valence-corrected chi connectivity index (χ4v) is 1.08. The highest BCUT2D eigenvalue weighted by Gasteiger charge is 1.93. The molecule has 48 valence electrons. The maximum absolute atomic E-state index is 3.92. The molecule has 0 bridgehead atoms. The summed E-state index contributed by atoms with van der Waals surface area (Å²) in [6.07, 6.45) is 0. The molecule has 1 heterocycles. The third-order valence-corrected chi connectivity index (χ3v) is 2.13. The van der Waals surface area contributed by atoms with Gasteiger partial charge in [0.25, 0.3) is 0 Å². The van der Waals surface area contributed by atoms with E-state index in [-0.39, 0.29) is 0 Å². The van der Waals surface area contributed by atoms with Gasteiger partial charge in [-0.25, -0.2) is 0 Å². The Morgan fingerprint density at radius 3 is 2.44 bits per heavy atom. The number of rotatable bonds is 0. The van der Waals surface area contributed by atoms with Gasteiger partial charge in [-0.05, 0) is 42.5 Å². The van der Waals surface area contributed by atoms with E-state index in [1.54, 1.807) is 0 Å². The Bertz CT molecular complexity index is 222. The zero-order valence-electron chi connectivity index (χ0n) is 5.35. The number of aryl methyl sites for hydroxylation is 2. The van der Waals surface area contributed by atoms with Gasteiger partial charge in [-0.1, -0.05) is 0 Å². The minimum Gasteiger partial charge on any atom is -0.156 e. The van der Waals surface area contributed by atoms with Crippen LogP contribution in [0.2, 0.25) is 0 Å². The predicted octanol–water partition coefficient (Wildman–Crippen LogP) is 1.70. The van der Waals surface area contributed by atoms with Crippen molar-refractivity contribution in [2.75, 3.05) is 0 Å². The Kier molecular flexibility index (Phi) is 2.00. The molecule has 1 rings (SSSR count). The molecule has 3 heteroatoms. The smallest absolute Gasteiger partial charge is 0.0733 e. The Hall–Kier alpha value is -0.190. The molecule has 2 nitrogen and oxygen atoms in total. The molecular formula is C6H7IN2. The quantitative estimate of drug-likeness (QED) is 0.638. The number of halogens is 1. The van der Waals surface area contributed by atoms with Crippen molar-refractivity contribution < 1.29 is 0 Å². The van der Waals surface area contributed by atoms with Gasteiger partial charge in [0.2, 0.25) is 0 Å². The van der Waals surface area contributed by atoms with Gasteiger partial charge in [-0.3, -0.25) is 0 Å². The molecule has 0 fully saturated rings. The van der Waals surface area contributed by atoms with E-state index in [4.69, 9.17) is 0 Å². The van der Waals surface area contributed by atoms with Crippen molar-refractivity contribution >= 4 is 22.6 Å². The van der Waals surface area contributed by atoms with Crippen LogP contribution in [0.1, 0.15) is 11.4 Å². The topological polar surface area (TPSA) is 25.8 Å². The highest BCUT2D eigenvalue weighted by Crippen LogP contribution is 2.06. The maximum Gasteiger partial charge on any atom is 0.0733 e. The average molecular weight is 234 g/mol. The van der Waals surface area contributed by atoms with Crippen molar-refractivity contribution in [3.8, 4) is 0 Å². The van der Waals surface area contributed by atoms with Crippen molar-refractivity contribution in [3.05, 3.63) is 21.0 Å². The van der Waals surface area contributed by atoms with E-state index in [9.17, 15) is 0 Å². The van der Waals surface area contributed by atoms with Gasteiger partial charge in [0.15, 0.2) is 0 Å². The molecule has 0 spiro atoms. The third kappa shape index (κ3) is 1.61. The molecule has 0 N–H and O–H groups in total. The van der Waals surface area contributed by atoms with E-state index >= 15 is 0 Å². The molecule has 1 aromatic heterocycles. The van der Waals surface area contributed by atoms with Gasteiger partial charge >= 0.3 is 0 Å². The fraction of sp³-hybridized carbons (Fsp3) is 0.333. The van der Waals surface area contributed by atoms with Crippen LogP contribution in [0, 0.1) is 17.4 Å². The summed E-state index contributed by atoms with van der Waals surface area (Å²) in [6.45, 7) is 3.89. The molecule has 0 radical (unpaired) electrons. The van der Waals surface area contributed by atoms with Gasteiger partial charge in [0, 0.05) is 3.57 Å². The second-order valence-corrected chi connectivity index (χ2v) is 3.08. The van der Waals surface area contributed by atoms with E-state index in [0.717, 1.165) is 11.4 Å². The molecule has 0 unspecified atom stereocenters. The first-order valence-electron chi connectivity index (χ1n) is 2.66. The van der Waals surface area contributed by atoms with Gasteiger partial charge in [-0.15, -0.1) is 0 Å². The number of hydrogen-bond acceptors (Lipinski definition) is 2. The summed E-state index contributed by atoms with van der Waals surface area (Å²) in [5.74, 6) is 0. The van der Waals surface area contributed by atoms with Crippen molar-refractivity contribution in [1.29, 1.82) is 0 Å². The van der Waals surface area contributed by atoms with Crippen LogP contribution in [-0.2, 0) is 0 Å². The molecule has 0 atom stereocenters. The van der Waals surface area contributed by atoms with Crippen LogP contribution in [0.5, 0.6) is 0 Å². The zero-order valence-corrected chi connectivity index (χ0v) is 7.51. The van der Waals surface area contributed by atoms with E-state index in [1.165, 1.54) is 3.57 Å². The molecule has 0 aliphatic rings. The largest absolute Gasteiger partial charge is 0.156 e. The number of hydrogen-bond donors (Lipinski definition) is 0. The molecule has 0 amide bonds. The van der Waals surface area contributed by atoms with Crippen LogP contribution in [0.4, 0.5) is 0 Å². The maximum atomic E-state index is 3.92. The van der Waals surface area contributed by atoms with E-state index in [2.05, 4.69) is 32.8 Å². The summed E-state index contributed by atoms with van der Waals surface area (Å²) in [6, 6.07) is 2.02. The summed E-state index contributed by atoms with van der Waals surface area (Å²) < 4.78 is 1.18. The van der Waals surface area contributed by atoms with Crippen LogP contribution in [-0.4, -0.2) is 10.2 Å². The lowest BCUT2D eigenvalue weighted by atomic mass is 10.4. The summed E-state index contributed by atoms with van der Waals surface area (Å²) in [4.78, 5) is 0. The van der Waals surface area contributed by atoms with Crippen molar-refractivity contribution in [1.82, 2.24) is 10.2 Å². The predicted molar refractivity (Wildman–Crippen MR) is 44.2 cm³/mol. The lowest BCUT2D eigenvalue weighted by Gasteiger charge is -1.94. The Morgan fingerprint density at radius 1 is 1.33 bits per heavy atom. The number of nitrogens with zero attached hydrogens (tertiary/aromatic N) is 2. The summed E-state index contributed by atoms with van der Waals surface area (Å²) in [5.41, 5.74) is 1.98. The van der Waals surface area contributed by atoms with E-state index in [0.29, 0.717) is 0 Å². The minimum atomic E-state index is 0.977. The minimum absolute atomic E-state index is 0.977. The van der Waals surface area contributed by atoms with Crippen LogP contribution in [0.3, 0.4) is 0 Å². The average Bonchev–Trinajstić information content (AvgIpc) is 1.80.